The van der Waals surface area contributed by atoms with E-state index in [2.05, 4.69) is 27.4 Å². The Morgan fingerprint density at radius 3 is 2.68 bits per heavy atom. The third-order valence-corrected chi connectivity index (χ3v) is 3.29. The van der Waals surface area contributed by atoms with Crippen LogP contribution in [-0.4, -0.2) is 63.8 Å². The summed E-state index contributed by atoms with van der Waals surface area (Å²) in [6, 6.07) is 0. The Balaban J connectivity index is 2.16. The van der Waals surface area contributed by atoms with Gasteiger partial charge in [-0.1, -0.05) is 6.42 Å². The van der Waals surface area contributed by atoms with Crippen molar-refractivity contribution in [3.8, 4) is 0 Å². The first-order valence-corrected chi connectivity index (χ1v) is 7.60. The van der Waals surface area contributed by atoms with Gasteiger partial charge < -0.3 is 20.3 Å². The molecule has 0 amide bonds. The molecule has 0 aliphatic carbocycles. The molecule has 0 saturated carbocycles. The molecule has 1 rings (SSSR count). The zero-order chi connectivity index (χ0) is 13.8. The number of ether oxygens (including phenoxy) is 1. The lowest BCUT2D eigenvalue weighted by Crippen LogP contribution is -2.42. The largest absolute Gasteiger partial charge is 0.385 e. The van der Waals surface area contributed by atoms with Gasteiger partial charge in [0.15, 0.2) is 5.96 Å². The molecule has 1 fully saturated rings. The van der Waals surface area contributed by atoms with Crippen molar-refractivity contribution in [1.82, 2.24) is 15.5 Å². The lowest BCUT2D eigenvalue weighted by atomic mass is 10.1. The van der Waals surface area contributed by atoms with Crippen molar-refractivity contribution in [2.45, 2.75) is 32.6 Å². The summed E-state index contributed by atoms with van der Waals surface area (Å²) in [5, 5.41) is 6.68. The highest BCUT2D eigenvalue weighted by molar-refractivity contribution is 5.79. The van der Waals surface area contributed by atoms with Gasteiger partial charge >= 0.3 is 0 Å². The van der Waals surface area contributed by atoms with Crippen molar-refractivity contribution in [1.29, 1.82) is 0 Å². The average Bonchev–Trinajstić information content (AvgIpc) is 2.44. The molecule has 2 N–H and O–H groups in total. The molecule has 1 aliphatic rings. The number of likely N-dealkylation sites (tertiary alicyclic amines) is 1. The highest BCUT2D eigenvalue weighted by Gasteiger charge is 2.09. The van der Waals surface area contributed by atoms with Gasteiger partial charge in [0.05, 0.1) is 0 Å². The lowest BCUT2D eigenvalue weighted by molar-refractivity contribution is 0.197. The van der Waals surface area contributed by atoms with Crippen LogP contribution < -0.4 is 10.6 Å². The molecule has 0 unspecified atom stereocenters. The van der Waals surface area contributed by atoms with E-state index in [1.165, 1.54) is 32.4 Å². The van der Waals surface area contributed by atoms with Crippen molar-refractivity contribution in [3.63, 3.8) is 0 Å². The molecule has 5 nitrogen and oxygen atoms in total. The Labute approximate surface area is 117 Å². The van der Waals surface area contributed by atoms with Crippen LogP contribution in [-0.2, 0) is 4.74 Å². The van der Waals surface area contributed by atoms with E-state index in [1.807, 2.05) is 0 Å². The average molecular weight is 270 g/mol. The van der Waals surface area contributed by atoms with Crippen LogP contribution in [0.3, 0.4) is 0 Å². The number of guanidine groups is 1. The first-order valence-electron chi connectivity index (χ1n) is 7.60. The minimum absolute atomic E-state index is 0.774. The fourth-order valence-electron chi connectivity index (χ4n) is 2.26. The molecule has 0 spiro atoms. The van der Waals surface area contributed by atoms with Crippen LogP contribution in [0.1, 0.15) is 32.6 Å². The molecular formula is C14H30N4O. The maximum absolute atomic E-state index is 5.03. The summed E-state index contributed by atoms with van der Waals surface area (Å²) in [6.07, 6.45) is 5.07. The first kappa shape index (κ1) is 16.2. The molecule has 1 saturated heterocycles. The Bertz CT molecular complexity index is 240. The molecule has 0 bridgehead atoms. The number of hydrogen-bond acceptors (Lipinski definition) is 3. The molecule has 1 heterocycles. The fourth-order valence-corrected chi connectivity index (χ4v) is 2.26. The minimum atomic E-state index is 0.774. The summed E-state index contributed by atoms with van der Waals surface area (Å²) in [5.74, 6) is 0.926. The third-order valence-electron chi connectivity index (χ3n) is 3.29. The van der Waals surface area contributed by atoms with E-state index in [1.54, 1.807) is 7.11 Å². The van der Waals surface area contributed by atoms with Gasteiger partial charge in [0.2, 0.25) is 0 Å². The molecule has 0 aromatic heterocycles. The van der Waals surface area contributed by atoms with Gasteiger partial charge in [0, 0.05) is 39.9 Å². The topological polar surface area (TPSA) is 48.9 Å². The predicted octanol–water partition coefficient (Wildman–Crippen LogP) is 1.06. The van der Waals surface area contributed by atoms with E-state index in [-0.39, 0.29) is 0 Å². The van der Waals surface area contributed by atoms with Crippen LogP contribution in [0, 0.1) is 0 Å². The molecule has 19 heavy (non-hydrogen) atoms. The van der Waals surface area contributed by atoms with Gasteiger partial charge in [0.1, 0.15) is 0 Å². The van der Waals surface area contributed by atoms with Gasteiger partial charge in [-0.3, -0.25) is 4.99 Å². The number of rotatable bonds is 8. The van der Waals surface area contributed by atoms with Crippen LogP contribution in [0.15, 0.2) is 4.99 Å². The summed E-state index contributed by atoms with van der Waals surface area (Å²) < 4.78 is 5.03. The van der Waals surface area contributed by atoms with Crippen molar-refractivity contribution < 1.29 is 4.74 Å². The van der Waals surface area contributed by atoms with Crippen LogP contribution in [0.5, 0.6) is 0 Å². The molecular weight excluding hydrogens is 240 g/mol. The quantitative estimate of drug-likeness (QED) is 0.393. The fraction of sp³-hybridized carbons (Fsp3) is 0.929. The predicted molar refractivity (Wildman–Crippen MR) is 80.8 cm³/mol. The van der Waals surface area contributed by atoms with E-state index in [4.69, 9.17) is 4.74 Å². The Hall–Kier alpha value is -0.810. The van der Waals surface area contributed by atoms with Crippen LogP contribution in [0.25, 0.3) is 0 Å². The molecule has 0 aromatic carbocycles. The van der Waals surface area contributed by atoms with Gasteiger partial charge in [-0.15, -0.1) is 0 Å². The normalized spacial score (nSPS) is 17.5. The van der Waals surface area contributed by atoms with Crippen LogP contribution in [0.4, 0.5) is 0 Å². The number of methoxy groups -OCH3 is 1. The summed E-state index contributed by atoms with van der Waals surface area (Å²) in [6.45, 7) is 9.17. The smallest absolute Gasteiger partial charge is 0.191 e. The van der Waals surface area contributed by atoms with Gasteiger partial charge in [-0.2, -0.15) is 0 Å². The number of nitrogens with one attached hydrogen (secondary N) is 2. The van der Waals surface area contributed by atoms with E-state index < -0.39 is 0 Å². The highest BCUT2D eigenvalue weighted by Crippen LogP contribution is 2.07. The molecule has 112 valence electrons. The van der Waals surface area contributed by atoms with E-state index in [0.717, 1.165) is 45.2 Å². The van der Waals surface area contributed by atoms with E-state index in [0.29, 0.717) is 0 Å². The van der Waals surface area contributed by atoms with Crippen LogP contribution in [0.2, 0.25) is 0 Å². The van der Waals surface area contributed by atoms with Gasteiger partial charge in [-0.25, -0.2) is 0 Å². The zero-order valence-corrected chi connectivity index (χ0v) is 12.6. The van der Waals surface area contributed by atoms with E-state index >= 15 is 0 Å². The van der Waals surface area contributed by atoms with Crippen molar-refractivity contribution in [2.24, 2.45) is 4.99 Å². The molecule has 0 atom stereocenters. The number of piperidine rings is 1. The molecule has 5 heteroatoms. The second-order valence-corrected chi connectivity index (χ2v) is 4.94. The highest BCUT2D eigenvalue weighted by atomic mass is 16.5. The Kier molecular flexibility index (Phi) is 9.45. The summed E-state index contributed by atoms with van der Waals surface area (Å²) in [7, 11) is 1.73. The van der Waals surface area contributed by atoms with Crippen molar-refractivity contribution in [3.05, 3.63) is 0 Å². The molecule has 0 radical (unpaired) electrons. The number of nitrogens with zero attached hydrogens (tertiary/aromatic N) is 2. The maximum atomic E-state index is 5.03. The monoisotopic (exact) mass is 270 g/mol. The summed E-state index contributed by atoms with van der Waals surface area (Å²) in [5.41, 5.74) is 0. The number of aliphatic imine (C=N–C) groups is 1. The summed E-state index contributed by atoms with van der Waals surface area (Å²) >= 11 is 0. The second-order valence-electron chi connectivity index (χ2n) is 4.94. The minimum Gasteiger partial charge on any atom is -0.385 e. The van der Waals surface area contributed by atoms with Crippen LogP contribution >= 0.6 is 0 Å². The SMILES string of the molecule is CCNC(=NCCCOC)NCCN1CCCCC1. The van der Waals surface area contributed by atoms with Gasteiger partial charge in [0.25, 0.3) is 0 Å². The zero-order valence-electron chi connectivity index (χ0n) is 12.6. The number of hydrogen-bond donors (Lipinski definition) is 2. The standard InChI is InChI=1S/C14H30N4O/c1-3-15-14(16-8-7-13-19-2)17-9-12-18-10-5-4-6-11-18/h3-13H2,1-2H3,(H2,15,16,17). The molecule has 1 aliphatic heterocycles. The lowest BCUT2D eigenvalue weighted by Gasteiger charge is -2.26. The third kappa shape index (κ3) is 8.06. The second kappa shape index (κ2) is 11.1. The first-order chi connectivity index (χ1) is 9.36. The molecule has 0 aromatic rings. The van der Waals surface area contributed by atoms with Gasteiger partial charge in [-0.05, 0) is 39.3 Å². The Morgan fingerprint density at radius 1 is 1.21 bits per heavy atom. The Morgan fingerprint density at radius 2 is 2.00 bits per heavy atom. The van der Waals surface area contributed by atoms with E-state index in [9.17, 15) is 0 Å². The van der Waals surface area contributed by atoms with Crippen molar-refractivity contribution >= 4 is 5.96 Å². The maximum Gasteiger partial charge on any atom is 0.191 e. The van der Waals surface area contributed by atoms with Crippen molar-refractivity contribution in [2.75, 3.05) is 53.0 Å². The summed E-state index contributed by atoms with van der Waals surface area (Å²) in [4.78, 5) is 7.06.